The summed E-state index contributed by atoms with van der Waals surface area (Å²) in [5, 5.41) is 5.91. The first-order valence-corrected chi connectivity index (χ1v) is 13.6. The molecule has 0 radical (unpaired) electrons. The Kier molecular flexibility index (Phi) is 7.26. The summed E-state index contributed by atoms with van der Waals surface area (Å²) in [6.07, 6.45) is 7.19. The molecule has 190 valence electrons. The minimum Gasteiger partial charge on any atom is -0.452 e. The van der Waals surface area contributed by atoms with Crippen LogP contribution in [0.4, 0.5) is 10.1 Å². The summed E-state index contributed by atoms with van der Waals surface area (Å²) in [4.78, 5) is 38.3. The predicted octanol–water partition coefficient (Wildman–Crippen LogP) is 5.45. The van der Waals surface area contributed by atoms with Gasteiger partial charge in [0, 0.05) is 15.5 Å². The van der Waals surface area contributed by atoms with Crippen molar-refractivity contribution in [3.63, 3.8) is 0 Å². The highest BCUT2D eigenvalue weighted by molar-refractivity contribution is 8.00. The van der Waals surface area contributed by atoms with Crippen molar-refractivity contribution in [1.82, 2.24) is 5.32 Å². The van der Waals surface area contributed by atoms with Crippen molar-refractivity contribution in [2.24, 2.45) is 17.8 Å². The van der Waals surface area contributed by atoms with Crippen molar-refractivity contribution >= 4 is 46.8 Å². The van der Waals surface area contributed by atoms with Crippen molar-refractivity contribution in [3.8, 4) is 0 Å². The van der Waals surface area contributed by atoms with Crippen LogP contribution in [0.1, 0.15) is 48.9 Å². The Morgan fingerprint density at radius 2 is 1.67 bits per heavy atom. The third kappa shape index (κ3) is 5.70. The highest BCUT2D eigenvalue weighted by Gasteiger charge is 2.51. The number of hydrogen-bond acceptors (Lipinski definition) is 5. The number of amides is 2. The van der Waals surface area contributed by atoms with Gasteiger partial charge in [-0.1, -0.05) is 23.7 Å². The Hall–Kier alpha value is -2.58. The fourth-order valence-corrected chi connectivity index (χ4v) is 7.49. The van der Waals surface area contributed by atoms with Gasteiger partial charge in [-0.25, -0.2) is 9.18 Å². The lowest BCUT2D eigenvalue weighted by molar-refractivity contribution is -0.124. The summed E-state index contributed by atoms with van der Waals surface area (Å²) < 4.78 is 19.0. The number of halogens is 2. The standard InChI is InChI=1S/C27H28ClFN2O4S/c28-19-5-6-22(21(29)10-19)30-24(32)14-35-26(34)20-3-1-2-4-23(20)36-15-25(33)31-27-11-16-7-17(12-27)9-18(8-16)13-27/h1-6,10,16-18H,7-9,11-15H2,(H,30,32)(H,31,33). The second-order valence-corrected chi connectivity index (χ2v) is 11.7. The molecule has 4 fully saturated rings. The van der Waals surface area contributed by atoms with E-state index in [2.05, 4.69) is 10.6 Å². The van der Waals surface area contributed by atoms with Gasteiger partial charge in [0.2, 0.25) is 5.91 Å². The van der Waals surface area contributed by atoms with Gasteiger partial charge in [0.25, 0.3) is 5.91 Å². The number of ether oxygens (including phenoxy) is 1. The van der Waals surface area contributed by atoms with E-state index in [9.17, 15) is 18.8 Å². The van der Waals surface area contributed by atoms with Gasteiger partial charge in [0.15, 0.2) is 6.61 Å². The molecule has 4 aliphatic rings. The van der Waals surface area contributed by atoms with Gasteiger partial charge in [-0.15, -0.1) is 11.8 Å². The van der Waals surface area contributed by atoms with E-state index in [1.54, 1.807) is 24.3 Å². The second-order valence-electron chi connectivity index (χ2n) is 10.3. The molecule has 9 heteroatoms. The van der Waals surface area contributed by atoms with Gasteiger partial charge in [0.05, 0.1) is 17.0 Å². The molecule has 2 aromatic carbocycles. The zero-order chi connectivity index (χ0) is 25.3. The quantitative estimate of drug-likeness (QED) is 0.350. The molecular formula is C27H28ClFN2O4S. The smallest absolute Gasteiger partial charge is 0.339 e. The van der Waals surface area contributed by atoms with E-state index in [0.29, 0.717) is 4.90 Å². The summed E-state index contributed by atoms with van der Waals surface area (Å²) in [6.45, 7) is -0.577. The number of rotatable bonds is 8. The average Bonchev–Trinajstić information content (AvgIpc) is 2.82. The van der Waals surface area contributed by atoms with Crippen LogP contribution >= 0.6 is 23.4 Å². The van der Waals surface area contributed by atoms with Crippen LogP contribution in [0.25, 0.3) is 0 Å². The third-order valence-corrected chi connectivity index (χ3v) is 8.76. The molecule has 0 heterocycles. The molecule has 4 aliphatic carbocycles. The van der Waals surface area contributed by atoms with E-state index >= 15 is 0 Å². The van der Waals surface area contributed by atoms with Gasteiger partial charge in [-0.2, -0.15) is 0 Å². The molecule has 2 aromatic rings. The largest absolute Gasteiger partial charge is 0.452 e. The van der Waals surface area contributed by atoms with Crippen LogP contribution < -0.4 is 10.6 Å². The highest BCUT2D eigenvalue weighted by Crippen LogP contribution is 2.55. The number of benzene rings is 2. The maximum Gasteiger partial charge on any atom is 0.339 e. The molecule has 0 saturated heterocycles. The molecule has 36 heavy (non-hydrogen) atoms. The summed E-state index contributed by atoms with van der Waals surface area (Å²) in [6, 6.07) is 10.7. The fraction of sp³-hybridized carbons (Fsp3) is 0.444. The van der Waals surface area contributed by atoms with Crippen LogP contribution in [0, 0.1) is 23.6 Å². The van der Waals surface area contributed by atoms with E-state index in [1.807, 2.05) is 0 Å². The van der Waals surface area contributed by atoms with E-state index in [4.69, 9.17) is 16.3 Å². The number of hydrogen-bond donors (Lipinski definition) is 2. The Labute approximate surface area is 218 Å². The molecule has 2 amide bonds. The van der Waals surface area contributed by atoms with Gasteiger partial charge >= 0.3 is 5.97 Å². The minimum atomic E-state index is -0.689. The van der Waals surface area contributed by atoms with Crippen molar-refractivity contribution in [2.75, 3.05) is 17.7 Å². The lowest BCUT2D eigenvalue weighted by atomic mass is 9.53. The molecule has 0 aromatic heterocycles. The number of carbonyl (C=O) groups is 3. The number of carbonyl (C=O) groups excluding carboxylic acids is 3. The van der Waals surface area contributed by atoms with E-state index in [-0.39, 0.29) is 33.5 Å². The van der Waals surface area contributed by atoms with Crippen LogP contribution in [0.3, 0.4) is 0 Å². The number of thioether (sulfide) groups is 1. The van der Waals surface area contributed by atoms with E-state index in [1.165, 1.54) is 43.2 Å². The molecule has 6 rings (SSSR count). The minimum absolute atomic E-state index is 0.0190. The normalized spacial score (nSPS) is 25.9. The first-order chi connectivity index (χ1) is 17.3. The van der Waals surface area contributed by atoms with Crippen molar-refractivity contribution in [2.45, 2.75) is 49.0 Å². The molecule has 0 aliphatic heterocycles. The molecular weight excluding hydrogens is 503 g/mol. The zero-order valence-electron chi connectivity index (χ0n) is 19.7. The summed E-state index contributed by atoms with van der Waals surface area (Å²) in [5.74, 6) is 0.359. The monoisotopic (exact) mass is 530 g/mol. The highest BCUT2D eigenvalue weighted by atomic mass is 35.5. The molecule has 0 spiro atoms. The predicted molar refractivity (Wildman–Crippen MR) is 137 cm³/mol. The van der Waals surface area contributed by atoms with Crippen LogP contribution in [-0.2, 0) is 14.3 Å². The topological polar surface area (TPSA) is 84.5 Å². The Bertz CT molecular complexity index is 1150. The first kappa shape index (κ1) is 25.1. The fourth-order valence-electron chi connectivity index (χ4n) is 6.49. The van der Waals surface area contributed by atoms with Crippen molar-refractivity contribution in [1.29, 1.82) is 0 Å². The van der Waals surface area contributed by atoms with Crippen LogP contribution in [0.15, 0.2) is 47.4 Å². The van der Waals surface area contributed by atoms with Crippen LogP contribution in [-0.4, -0.2) is 35.7 Å². The van der Waals surface area contributed by atoms with Crippen molar-refractivity contribution in [3.05, 3.63) is 58.9 Å². The van der Waals surface area contributed by atoms with Crippen LogP contribution in [0.2, 0.25) is 5.02 Å². The molecule has 2 N–H and O–H groups in total. The molecule has 6 nitrogen and oxygen atoms in total. The Morgan fingerprint density at radius 3 is 2.33 bits per heavy atom. The van der Waals surface area contributed by atoms with Gasteiger partial charge in [0.1, 0.15) is 5.82 Å². The average molecular weight is 531 g/mol. The Morgan fingerprint density at radius 1 is 1.00 bits per heavy atom. The summed E-state index contributed by atoms with van der Waals surface area (Å²) in [7, 11) is 0. The number of esters is 1. The number of anilines is 1. The third-order valence-electron chi connectivity index (χ3n) is 7.45. The SMILES string of the molecule is O=C(COC(=O)c1ccccc1SCC(=O)NC12CC3CC(CC(C3)C1)C2)Nc1ccc(Cl)cc1F. The van der Waals surface area contributed by atoms with Gasteiger partial charge in [-0.3, -0.25) is 9.59 Å². The Balaban J connectivity index is 1.14. The first-order valence-electron chi connectivity index (χ1n) is 12.2. The van der Waals surface area contributed by atoms with Crippen molar-refractivity contribution < 1.29 is 23.5 Å². The lowest BCUT2D eigenvalue weighted by Crippen LogP contribution is -2.60. The van der Waals surface area contributed by atoms with Gasteiger partial charge < -0.3 is 15.4 Å². The van der Waals surface area contributed by atoms with Crippen LogP contribution in [0.5, 0.6) is 0 Å². The molecule has 0 unspecified atom stereocenters. The maximum atomic E-state index is 13.9. The molecule has 0 atom stereocenters. The second kappa shape index (κ2) is 10.4. The summed E-state index contributed by atoms with van der Waals surface area (Å²) >= 11 is 6.99. The lowest BCUT2D eigenvalue weighted by Gasteiger charge is -2.56. The van der Waals surface area contributed by atoms with E-state index < -0.39 is 24.3 Å². The number of nitrogens with one attached hydrogen (secondary N) is 2. The van der Waals surface area contributed by atoms with E-state index in [0.717, 1.165) is 43.1 Å². The summed E-state index contributed by atoms with van der Waals surface area (Å²) in [5.41, 5.74) is 0.166. The molecule has 4 bridgehead atoms. The molecule has 4 saturated carbocycles. The maximum absolute atomic E-state index is 13.9. The zero-order valence-corrected chi connectivity index (χ0v) is 21.3. The van der Waals surface area contributed by atoms with Gasteiger partial charge in [-0.05, 0) is 86.6 Å².